The lowest BCUT2D eigenvalue weighted by Crippen LogP contribution is -2.15. The molecule has 3 nitrogen and oxygen atoms in total. The Balaban J connectivity index is 1.72. The first-order valence-electron chi connectivity index (χ1n) is 8.12. The molecule has 2 aliphatic carbocycles. The number of carbonyl (C=O) groups excluding carboxylic acids is 1. The highest BCUT2D eigenvalue weighted by molar-refractivity contribution is 7.16. The van der Waals surface area contributed by atoms with Gasteiger partial charge in [-0.05, 0) is 50.0 Å². The smallest absolute Gasteiger partial charge is 0.225 e. The number of rotatable bonds is 3. The van der Waals surface area contributed by atoms with Gasteiger partial charge in [-0.2, -0.15) is 5.26 Å². The van der Waals surface area contributed by atoms with Crippen LogP contribution in [0.15, 0.2) is 0 Å². The molecular weight excluding hydrogens is 280 g/mol. The van der Waals surface area contributed by atoms with Gasteiger partial charge in [0.2, 0.25) is 5.91 Å². The monoisotopic (exact) mass is 302 g/mol. The number of hydrogen-bond acceptors (Lipinski definition) is 3. The van der Waals surface area contributed by atoms with Gasteiger partial charge in [0.25, 0.3) is 0 Å². The third kappa shape index (κ3) is 3.29. The van der Waals surface area contributed by atoms with Gasteiger partial charge in [-0.1, -0.05) is 19.3 Å². The summed E-state index contributed by atoms with van der Waals surface area (Å²) in [5, 5.41) is 13.3. The molecule has 0 saturated heterocycles. The van der Waals surface area contributed by atoms with Crippen molar-refractivity contribution in [3.8, 4) is 6.07 Å². The van der Waals surface area contributed by atoms with Crippen LogP contribution in [-0.2, 0) is 17.6 Å². The largest absolute Gasteiger partial charge is 0.317 e. The van der Waals surface area contributed by atoms with E-state index in [-0.39, 0.29) is 5.91 Å². The van der Waals surface area contributed by atoms with Crippen molar-refractivity contribution in [2.45, 2.75) is 64.2 Å². The molecule has 0 aromatic carbocycles. The molecule has 3 rings (SSSR count). The van der Waals surface area contributed by atoms with Gasteiger partial charge in [0.1, 0.15) is 11.1 Å². The van der Waals surface area contributed by atoms with Crippen LogP contribution in [0.1, 0.15) is 67.4 Å². The summed E-state index contributed by atoms with van der Waals surface area (Å²) in [6, 6.07) is 2.33. The maximum Gasteiger partial charge on any atom is 0.225 e. The van der Waals surface area contributed by atoms with Crippen LogP contribution in [0.5, 0.6) is 0 Å². The van der Waals surface area contributed by atoms with E-state index in [1.54, 1.807) is 11.3 Å². The number of anilines is 1. The summed E-state index contributed by atoms with van der Waals surface area (Å²) in [6.45, 7) is 0. The molecule has 1 aromatic heterocycles. The normalized spacial score (nSPS) is 18.8. The van der Waals surface area contributed by atoms with Gasteiger partial charge in [0, 0.05) is 11.3 Å². The van der Waals surface area contributed by atoms with E-state index in [9.17, 15) is 10.1 Å². The van der Waals surface area contributed by atoms with Crippen LogP contribution in [0.25, 0.3) is 0 Å². The molecule has 2 aliphatic rings. The Morgan fingerprint density at radius 1 is 1.19 bits per heavy atom. The Bertz CT molecular complexity index is 564. The topological polar surface area (TPSA) is 52.9 Å². The van der Waals surface area contributed by atoms with E-state index in [0.717, 1.165) is 29.8 Å². The van der Waals surface area contributed by atoms with Gasteiger partial charge < -0.3 is 5.32 Å². The molecule has 1 heterocycles. The van der Waals surface area contributed by atoms with Crippen molar-refractivity contribution in [2.75, 3.05) is 5.32 Å². The minimum absolute atomic E-state index is 0.0924. The van der Waals surface area contributed by atoms with E-state index in [1.165, 1.54) is 49.0 Å². The van der Waals surface area contributed by atoms with E-state index < -0.39 is 0 Å². The Kier molecular flexibility index (Phi) is 4.60. The molecule has 1 N–H and O–H groups in total. The number of carbonyl (C=O) groups is 1. The highest BCUT2D eigenvalue weighted by Gasteiger charge is 2.23. The third-order valence-electron chi connectivity index (χ3n) is 4.73. The van der Waals surface area contributed by atoms with Gasteiger partial charge >= 0.3 is 0 Å². The number of nitriles is 1. The average molecular weight is 302 g/mol. The second-order valence-electron chi connectivity index (χ2n) is 6.28. The van der Waals surface area contributed by atoms with E-state index in [2.05, 4.69) is 11.4 Å². The standard InChI is InChI=1S/C17H22N2OS/c18-11-14-13-8-2-1-3-9-15(13)21-17(14)19-16(20)10-12-6-4-5-7-12/h12H,1-10H2,(H,19,20). The maximum absolute atomic E-state index is 12.2. The SMILES string of the molecule is N#Cc1c(NC(=O)CC2CCCC2)sc2c1CCCCC2. The summed E-state index contributed by atoms with van der Waals surface area (Å²) in [5.41, 5.74) is 1.94. The lowest BCUT2D eigenvalue weighted by Gasteiger charge is -2.08. The highest BCUT2D eigenvalue weighted by Crippen LogP contribution is 2.37. The lowest BCUT2D eigenvalue weighted by molar-refractivity contribution is -0.117. The van der Waals surface area contributed by atoms with Crippen molar-refractivity contribution in [3.05, 3.63) is 16.0 Å². The molecule has 0 atom stereocenters. The molecule has 0 aliphatic heterocycles. The van der Waals surface area contributed by atoms with Crippen molar-refractivity contribution >= 4 is 22.2 Å². The highest BCUT2D eigenvalue weighted by atomic mass is 32.1. The predicted molar refractivity (Wildman–Crippen MR) is 85.5 cm³/mol. The summed E-state index contributed by atoms with van der Waals surface area (Å²) in [6.07, 6.45) is 11.2. The molecule has 1 aromatic rings. The average Bonchev–Trinajstić information content (AvgIpc) is 3.01. The fourth-order valence-electron chi connectivity index (χ4n) is 3.60. The Hall–Kier alpha value is -1.34. The van der Waals surface area contributed by atoms with Crippen molar-refractivity contribution in [3.63, 3.8) is 0 Å². The van der Waals surface area contributed by atoms with Crippen LogP contribution in [-0.4, -0.2) is 5.91 Å². The van der Waals surface area contributed by atoms with Crippen LogP contribution in [0.4, 0.5) is 5.00 Å². The lowest BCUT2D eigenvalue weighted by atomic mass is 10.0. The molecule has 1 saturated carbocycles. The van der Waals surface area contributed by atoms with Gasteiger partial charge in [-0.3, -0.25) is 4.79 Å². The molecule has 0 bridgehead atoms. The summed E-state index contributed by atoms with van der Waals surface area (Å²) in [7, 11) is 0. The minimum atomic E-state index is 0.0924. The molecule has 1 amide bonds. The zero-order valence-corrected chi connectivity index (χ0v) is 13.2. The number of thiophene rings is 1. The maximum atomic E-state index is 12.2. The molecular formula is C17H22N2OS. The van der Waals surface area contributed by atoms with Crippen LogP contribution < -0.4 is 5.32 Å². The number of nitrogens with one attached hydrogen (secondary N) is 1. The van der Waals surface area contributed by atoms with Crippen molar-refractivity contribution < 1.29 is 4.79 Å². The third-order valence-corrected chi connectivity index (χ3v) is 5.94. The van der Waals surface area contributed by atoms with E-state index in [1.807, 2.05) is 0 Å². The Labute approximate surface area is 130 Å². The number of nitrogens with zero attached hydrogens (tertiary/aromatic N) is 1. The van der Waals surface area contributed by atoms with Gasteiger partial charge in [-0.25, -0.2) is 0 Å². The second kappa shape index (κ2) is 6.62. The van der Waals surface area contributed by atoms with Gasteiger partial charge in [0.05, 0.1) is 5.56 Å². The number of hydrogen-bond donors (Lipinski definition) is 1. The molecule has 21 heavy (non-hydrogen) atoms. The molecule has 1 fully saturated rings. The van der Waals surface area contributed by atoms with E-state index >= 15 is 0 Å². The fraction of sp³-hybridized carbons (Fsp3) is 0.647. The van der Waals surface area contributed by atoms with E-state index in [4.69, 9.17) is 0 Å². The van der Waals surface area contributed by atoms with Gasteiger partial charge in [0.15, 0.2) is 0 Å². The Morgan fingerprint density at radius 3 is 2.71 bits per heavy atom. The molecule has 112 valence electrons. The predicted octanol–water partition coefficient (Wildman–Crippen LogP) is 4.41. The summed E-state index contributed by atoms with van der Waals surface area (Å²) in [4.78, 5) is 13.5. The zero-order chi connectivity index (χ0) is 14.7. The van der Waals surface area contributed by atoms with Crippen LogP contribution >= 0.6 is 11.3 Å². The summed E-state index contributed by atoms with van der Waals surface area (Å²) in [5.74, 6) is 0.642. The first-order chi connectivity index (χ1) is 10.3. The van der Waals surface area contributed by atoms with E-state index in [0.29, 0.717) is 12.3 Å². The first kappa shape index (κ1) is 14.6. The van der Waals surface area contributed by atoms with Crippen molar-refractivity contribution in [2.24, 2.45) is 5.92 Å². The van der Waals surface area contributed by atoms with Crippen LogP contribution in [0, 0.1) is 17.2 Å². The number of fused-ring (bicyclic) bond motifs is 1. The first-order valence-corrected chi connectivity index (χ1v) is 8.94. The quantitative estimate of drug-likeness (QED) is 0.841. The molecule has 0 spiro atoms. The number of amides is 1. The molecule has 4 heteroatoms. The van der Waals surface area contributed by atoms with Crippen molar-refractivity contribution in [1.82, 2.24) is 0 Å². The molecule has 0 unspecified atom stereocenters. The number of aryl methyl sites for hydroxylation is 1. The summed E-state index contributed by atoms with van der Waals surface area (Å²) < 4.78 is 0. The fourth-order valence-corrected chi connectivity index (χ4v) is 4.86. The van der Waals surface area contributed by atoms with Crippen molar-refractivity contribution in [1.29, 1.82) is 5.26 Å². The molecule has 0 radical (unpaired) electrons. The second-order valence-corrected chi connectivity index (χ2v) is 7.39. The summed E-state index contributed by atoms with van der Waals surface area (Å²) >= 11 is 1.63. The van der Waals surface area contributed by atoms with Crippen LogP contribution in [0.2, 0.25) is 0 Å². The Morgan fingerprint density at radius 2 is 1.95 bits per heavy atom. The van der Waals surface area contributed by atoms with Crippen LogP contribution in [0.3, 0.4) is 0 Å². The minimum Gasteiger partial charge on any atom is -0.317 e. The van der Waals surface area contributed by atoms with Gasteiger partial charge in [-0.15, -0.1) is 11.3 Å². The zero-order valence-electron chi connectivity index (χ0n) is 12.4.